The van der Waals surface area contributed by atoms with Crippen molar-refractivity contribution in [2.24, 2.45) is 4.99 Å². The highest BCUT2D eigenvalue weighted by molar-refractivity contribution is 14.0. The van der Waals surface area contributed by atoms with Gasteiger partial charge in [0.25, 0.3) is 5.91 Å². The monoisotopic (exact) mass is 542 g/mol. The molecule has 1 aromatic heterocycles. The summed E-state index contributed by atoms with van der Waals surface area (Å²) in [5.41, 5.74) is 1.13. The lowest BCUT2D eigenvalue weighted by Gasteiger charge is -2.36. The van der Waals surface area contributed by atoms with Crippen LogP contribution >= 0.6 is 24.0 Å². The van der Waals surface area contributed by atoms with E-state index in [9.17, 15) is 4.79 Å². The normalized spacial score (nSPS) is 14.2. The van der Waals surface area contributed by atoms with Crippen molar-refractivity contribution >= 4 is 35.8 Å². The van der Waals surface area contributed by atoms with Gasteiger partial charge in [-0.1, -0.05) is 12.1 Å². The minimum Gasteiger partial charge on any atom is -0.497 e. The van der Waals surface area contributed by atoms with Crippen LogP contribution in [0.3, 0.4) is 0 Å². The Bertz CT molecular complexity index is 803. The van der Waals surface area contributed by atoms with Crippen LogP contribution in [0, 0.1) is 0 Å². The number of methoxy groups -OCH3 is 1. The van der Waals surface area contributed by atoms with E-state index in [-0.39, 0.29) is 29.9 Å². The fraction of sp³-hybridized carbons (Fsp3) is 0.455. The molecule has 1 amide bonds. The van der Waals surface area contributed by atoms with E-state index in [1.165, 1.54) is 6.26 Å². The van der Waals surface area contributed by atoms with Crippen LogP contribution in [0.1, 0.15) is 22.5 Å². The predicted octanol–water partition coefficient (Wildman–Crippen LogP) is 2.85. The molecule has 0 radical (unpaired) electrons. The lowest BCUT2D eigenvalue weighted by atomic mass is 10.2. The van der Waals surface area contributed by atoms with E-state index in [1.54, 1.807) is 26.3 Å². The quantitative estimate of drug-likeness (QED) is 0.239. The molecule has 1 fully saturated rings. The number of amides is 1. The van der Waals surface area contributed by atoms with Crippen molar-refractivity contribution in [2.75, 3.05) is 53.5 Å². The van der Waals surface area contributed by atoms with Gasteiger partial charge in [-0.05, 0) is 36.2 Å². The number of nitrogens with zero attached hydrogens (tertiary/aromatic N) is 3. The zero-order chi connectivity index (χ0) is 21.2. The van der Waals surface area contributed by atoms with Gasteiger partial charge in [-0.15, -0.1) is 24.0 Å². The molecule has 8 nitrogen and oxygen atoms in total. The number of ether oxygens (including phenoxy) is 2. The van der Waals surface area contributed by atoms with Crippen molar-refractivity contribution in [1.29, 1.82) is 0 Å². The van der Waals surface area contributed by atoms with E-state index < -0.39 is 0 Å². The number of rotatable bonds is 8. The number of aliphatic imine (C=N–C) groups is 1. The van der Waals surface area contributed by atoms with E-state index in [4.69, 9.17) is 13.9 Å². The summed E-state index contributed by atoms with van der Waals surface area (Å²) in [5.74, 6) is 2.04. The smallest absolute Gasteiger partial charge is 0.289 e. The van der Waals surface area contributed by atoms with Gasteiger partial charge >= 0.3 is 0 Å². The molecule has 9 heteroatoms. The number of carbonyl (C=O) groups excluding carboxylic acids is 1. The molecule has 0 saturated carbocycles. The summed E-state index contributed by atoms with van der Waals surface area (Å²) in [5, 5.41) is 3.38. The van der Waals surface area contributed by atoms with Crippen LogP contribution in [0.4, 0.5) is 0 Å². The van der Waals surface area contributed by atoms with E-state index in [0.717, 1.165) is 43.3 Å². The number of hydrogen-bond donors (Lipinski definition) is 1. The Kier molecular flexibility index (Phi) is 10.6. The van der Waals surface area contributed by atoms with Crippen LogP contribution < -0.4 is 10.1 Å². The van der Waals surface area contributed by atoms with Crippen molar-refractivity contribution in [3.63, 3.8) is 0 Å². The molecule has 1 N–H and O–H groups in total. The van der Waals surface area contributed by atoms with E-state index >= 15 is 0 Å². The van der Waals surface area contributed by atoms with Gasteiger partial charge in [-0.2, -0.15) is 0 Å². The summed E-state index contributed by atoms with van der Waals surface area (Å²) in [7, 11) is 3.44. The Morgan fingerprint density at radius 2 is 1.84 bits per heavy atom. The van der Waals surface area contributed by atoms with Crippen molar-refractivity contribution in [3.8, 4) is 5.75 Å². The molecule has 1 saturated heterocycles. The van der Waals surface area contributed by atoms with Gasteiger partial charge in [-0.25, -0.2) is 0 Å². The van der Waals surface area contributed by atoms with Gasteiger partial charge in [0.2, 0.25) is 0 Å². The Hall–Kier alpha value is -2.27. The molecule has 1 aliphatic heterocycles. The van der Waals surface area contributed by atoms with Crippen LogP contribution in [0.5, 0.6) is 5.75 Å². The molecule has 1 aliphatic rings. The molecule has 0 spiro atoms. The Balaban J connectivity index is 0.00000341. The summed E-state index contributed by atoms with van der Waals surface area (Å²) in [6.07, 6.45) is 2.40. The maximum Gasteiger partial charge on any atom is 0.289 e. The number of hydrogen-bond acceptors (Lipinski definition) is 5. The fourth-order valence-corrected chi connectivity index (χ4v) is 3.30. The van der Waals surface area contributed by atoms with E-state index in [0.29, 0.717) is 32.1 Å². The van der Waals surface area contributed by atoms with Gasteiger partial charge < -0.3 is 29.0 Å². The number of halogens is 1. The zero-order valence-corrected chi connectivity index (χ0v) is 20.4. The van der Waals surface area contributed by atoms with Crippen molar-refractivity contribution in [3.05, 3.63) is 54.0 Å². The van der Waals surface area contributed by atoms with Crippen LogP contribution in [0.2, 0.25) is 0 Å². The van der Waals surface area contributed by atoms with Crippen LogP contribution in [-0.4, -0.2) is 75.2 Å². The Labute approximate surface area is 200 Å². The number of piperazine rings is 1. The summed E-state index contributed by atoms with van der Waals surface area (Å²) in [6, 6.07) is 11.3. The second-order valence-electron chi connectivity index (χ2n) is 6.98. The molecule has 170 valence electrons. The standard InChI is InChI=1S/C22H30N4O4.HI/c1-23-22(24-10-4-15-29-17-18-6-8-19(28-2)9-7-18)26-13-11-25(12-14-26)21(27)20-5-3-16-30-20;/h3,5-9,16H,4,10-15,17H2,1-2H3,(H,23,24);1H. The molecule has 0 atom stereocenters. The average Bonchev–Trinajstić information content (AvgIpc) is 3.34. The van der Waals surface area contributed by atoms with Gasteiger partial charge in [0.15, 0.2) is 11.7 Å². The first-order valence-corrected chi connectivity index (χ1v) is 10.2. The molecular weight excluding hydrogens is 511 g/mol. The maximum absolute atomic E-state index is 12.4. The van der Waals surface area contributed by atoms with Crippen molar-refractivity contribution in [1.82, 2.24) is 15.1 Å². The fourth-order valence-electron chi connectivity index (χ4n) is 3.30. The lowest BCUT2D eigenvalue weighted by molar-refractivity contribution is 0.0657. The molecule has 2 aromatic rings. The molecular formula is C22H31IN4O4. The first-order chi connectivity index (χ1) is 14.7. The Morgan fingerprint density at radius 1 is 1.13 bits per heavy atom. The molecule has 0 unspecified atom stereocenters. The Morgan fingerprint density at radius 3 is 2.45 bits per heavy atom. The summed E-state index contributed by atoms with van der Waals surface area (Å²) in [4.78, 5) is 20.7. The maximum atomic E-state index is 12.4. The number of guanidine groups is 1. The molecule has 0 bridgehead atoms. The highest BCUT2D eigenvalue weighted by Crippen LogP contribution is 2.12. The second kappa shape index (κ2) is 13.2. The van der Waals surface area contributed by atoms with Gasteiger partial charge in [-0.3, -0.25) is 9.79 Å². The topological polar surface area (TPSA) is 79.5 Å². The summed E-state index contributed by atoms with van der Waals surface area (Å²) < 4.78 is 16.1. The molecule has 31 heavy (non-hydrogen) atoms. The molecule has 3 rings (SSSR count). The zero-order valence-electron chi connectivity index (χ0n) is 18.1. The van der Waals surface area contributed by atoms with E-state index in [1.807, 2.05) is 29.2 Å². The van der Waals surface area contributed by atoms with E-state index in [2.05, 4.69) is 15.2 Å². The first-order valence-electron chi connectivity index (χ1n) is 10.2. The lowest BCUT2D eigenvalue weighted by Crippen LogP contribution is -2.53. The van der Waals surface area contributed by atoms with Crippen LogP contribution in [0.15, 0.2) is 52.1 Å². The minimum absolute atomic E-state index is 0. The van der Waals surface area contributed by atoms with Crippen molar-refractivity contribution < 1.29 is 18.7 Å². The minimum atomic E-state index is -0.0587. The molecule has 0 aliphatic carbocycles. The van der Waals surface area contributed by atoms with Crippen LogP contribution in [-0.2, 0) is 11.3 Å². The van der Waals surface area contributed by atoms with Gasteiger partial charge in [0.05, 0.1) is 20.0 Å². The number of carbonyl (C=O) groups is 1. The van der Waals surface area contributed by atoms with Gasteiger partial charge in [0.1, 0.15) is 5.75 Å². The highest BCUT2D eigenvalue weighted by atomic mass is 127. The SMILES string of the molecule is CN=C(NCCCOCc1ccc(OC)cc1)N1CCN(C(=O)c2ccco2)CC1.I. The average molecular weight is 542 g/mol. The predicted molar refractivity (Wildman–Crippen MR) is 130 cm³/mol. The first kappa shape index (κ1) is 25.0. The third kappa shape index (κ3) is 7.42. The molecule has 2 heterocycles. The highest BCUT2D eigenvalue weighted by Gasteiger charge is 2.24. The van der Waals surface area contributed by atoms with Crippen LogP contribution in [0.25, 0.3) is 0 Å². The largest absolute Gasteiger partial charge is 0.497 e. The third-order valence-corrected chi connectivity index (χ3v) is 4.99. The van der Waals surface area contributed by atoms with Crippen molar-refractivity contribution in [2.45, 2.75) is 13.0 Å². The number of benzene rings is 1. The molecule has 1 aromatic carbocycles. The number of furan rings is 1. The third-order valence-electron chi connectivity index (χ3n) is 4.99. The summed E-state index contributed by atoms with van der Waals surface area (Å²) >= 11 is 0. The number of nitrogens with one attached hydrogen (secondary N) is 1. The van der Waals surface area contributed by atoms with Gasteiger partial charge in [0, 0.05) is 46.4 Å². The summed E-state index contributed by atoms with van der Waals surface area (Å²) in [6.45, 7) is 4.79. The second-order valence-corrected chi connectivity index (χ2v) is 6.98.